The molecule has 0 bridgehead atoms. The van der Waals surface area contributed by atoms with E-state index in [4.69, 9.17) is 11.6 Å². The summed E-state index contributed by atoms with van der Waals surface area (Å²) in [5.74, 6) is 0.118. The van der Waals surface area contributed by atoms with Crippen LogP contribution in [0.15, 0.2) is 45.9 Å². The van der Waals surface area contributed by atoms with Crippen LogP contribution in [0, 0.1) is 0 Å². The van der Waals surface area contributed by atoms with E-state index in [-0.39, 0.29) is 16.0 Å². The Bertz CT molecular complexity index is 893. The van der Waals surface area contributed by atoms with Gasteiger partial charge in [-0.25, -0.2) is 23.1 Å². The minimum atomic E-state index is -3.88. The number of imidazole rings is 1. The smallest absolute Gasteiger partial charge is 0.267 e. The summed E-state index contributed by atoms with van der Waals surface area (Å²) in [5.41, 5.74) is 1.39. The Hall–Kier alpha value is -1.64. The maximum atomic E-state index is 12.3. The van der Waals surface area contributed by atoms with Crippen LogP contribution in [0.4, 0.5) is 5.95 Å². The molecular weight excluding hydrogens is 380 g/mol. The van der Waals surface area contributed by atoms with E-state index in [0.29, 0.717) is 9.99 Å². The molecule has 0 saturated heterocycles. The fourth-order valence-electron chi connectivity index (χ4n) is 1.78. The second-order valence-corrected chi connectivity index (χ2v) is 7.08. The zero-order valence-electron chi connectivity index (χ0n) is 10.3. The number of hydrogen-bond donors (Lipinski definition) is 2. The van der Waals surface area contributed by atoms with E-state index in [1.165, 1.54) is 12.3 Å². The van der Waals surface area contributed by atoms with Crippen LogP contribution in [-0.4, -0.2) is 23.4 Å². The molecular formula is C12H8BrClN4O2S. The van der Waals surface area contributed by atoms with E-state index in [0.717, 1.165) is 5.52 Å². The van der Waals surface area contributed by atoms with Gasteiger partial charge in [-0.15, -0.1) is 0 Å². The van der Waals surface area contributed by atoms with Gasteiger partial charge in [0.05, 0.1) is 11.0 Å². The van der Waals surface area contributed by atoms with Gasteiger partial charge in [0, 0.05) is 10.7 Å². The average molecular weight is 388 g/mol. The number of aromatic amines is 1. The van der Waals surface area contributed by atoms with Crippen molar-refractivity contribution in [1.29, 1.82) is 0 Å². The third kappa shape index (κ3) is 2.87. The summed E-state index contributed by atoms with van der Waals surface area (Å²) in [6, 6.07) is 8.59. The lowest BCUT2D eigenvalue weighted by molar-refractivity contribution is 0.600. The van der Waals surface area contributed by atoms with Crippen LogP contribution in [0.5, 0.6) is 0 Å². The first-order chi connectivity index (χ1) is 9.95. The first-order valence-corrected chi connectivity index (χ1v) is 8.40. The number of hydrogen-bond acceptors (Lipinski definition) is 4. The second-order valence-electron chi connectivity index (χ2n) is 4.15. The van der Waals surface area contributed by atoms with Crippen molar-refractivity contribution in [1.82, 2.24) is 15.0 Å². The molecule has 0 spiro atoms. The Balaban J connectivity index is 2.01. The van der Waals surface area contributed by atoms with Gasteiger partial charge in [0.2, 0.25) is 5.95 Å². The number of sulfonamides is 1. The van der Waals surface area contributed by atoms with Crippen molar-refractivity contribution in [2.24, 2.45) is 0 Å². The van der Waals surface area contributed by atoms with E-state index in [1.54, 1.807) is 12.1 Å². The highest BCUT2D eigenvalue weighted by Gasteiger charge is 2.21. The van der Waals surface area contributed by atoms with Gasteiger partial charge in [0.1, 0.15) is 10.0 Å². The molecule has 108 valence electrons. The highest BCUT2D eigenvalue weighted by molar-refractivity contribution is 9.10. The first kappa shape index (κ1) is 14.3. The van der Waals surface area contributed by atoms with Crippen LogP contribution in [0.25, 0.3) is 11.0 Å². The van der Waals surface area contributed by atoms with Gasteiger partial charge in [0.15, 0.2) is 0 Å². The molecule has 3 aromatic rings. The molecule has 0 unspecified atom stereocenters. The molecule has 0 saturated carbocycles. The molecule has 0 aliphatic rings. The molecule has 6 nitrogen and oxygen atoms in total. The molecule has 21 heavy (non-hydrogen) atoms. The summed E-state index contributed by atoms with van der Waals surface area (Å²) in [6.45, 7) is 0. The molecule has 9 heteroatoms. The molecule has 0 amide bonds. The predicted octanol–water partition coefficient (Wildman–Crippen LogP) is 3.17. The number of benzene rings is 1. The number of halogens is 2. The van der Waals surface area contributed by atoms with Crippen molar-refractivity contribution in [3.63, 3.8) is 0 Å². The number of anilines is 1. The Morgan fingerprint density at radius 2 is 2.05 bits per heavy atom. The van der Waals surface area contributed by atoms with Crippen LogP contribution in [0.2, 0.25) is 5.15 Å². The van der Waals surface area contributed by atoms with Crippen molar-refractivity contribution in [3.8, 4) is 0 Å². The minimum absolute atomic E-state index is 0.109. The molecule has 2 heterocycles. The highest BCUT2D eigenvalue weighted by Crippen LogP contribution is 2.24. The second kappa shape index (κ2) is 5.28. The largest absolute Gasteiger partial charge is 0.323 e. The summed E-state index contributed by atoms with van der Waals surface area (Å²) < 4.78 is 27.5. The number of nitrogens with one attached hydrogen (secondary N) is 2. The van der Waals surface area contributed by atoms with E-state index in [2.05, 4.69) is 35.6 Å². The number of rotatable bonds is 3. The summed E-state index contributed by atoms with van der Waals surface area (Å²) >= 11 is 9.01. The quantitative estimate of drug-likeness (QED) is 0.676. The van der Waals surface area contributed by atoms with Gasteiger partial charge in [0.25, 0.3) is 10.0 Å². The standard InChI is InChI=1S/C12H8BrClN4O2S/c13-7-5-10(11(14)15-6-7)21(19,20)18-12-16-8-3-1-2-4-9(8)17-12/h1-6H,(H2,16,17,18). The first-order valence-electron chi connectivity index (χ1n) is 5.74. The summed E-state index contributed by atoms with van der Waals surface area (Å²) in [6.07, 6.45) is 1.42. The van der Waals surface area contributed by atoms with Crippen molar-refractivity contribution in [2.45, 2.75) is 4.90 Å². The number of pyridine rings is 1. The zero-order valence-corrected chi connectivity index (χ0v) is 13.5. The third-order valence-electron chi connectivity index (χ3n) is 2.68. The summed E-state index contributed by atoms with van der Waals surface area (Å²) in [4.78, 5) is 10.7. The lowest BCUT2D eigenvalue weighted by atomic mass is 10.3. The van der Waals surface area contributed by atoms with Crippen LogP contribution < -0.4 is 4.72 Å². The van der Waals surface area contributed by atoms with Gasteiger partial charge < -0.3 is 4.98 Å². The maximum absolute atomic E-state index is 12.3. The number of para-hydroxylation sites is 2. The van der Waals surface area contributed by atoms with E-state index >= 15 is 0 Å². The summed E-state index contributed by atoms with van der Waals surface area (Å²) in [5, 5.41) is -0.109. The number of fused-ring (bicyclic) bond motifs is 1. The number of nitrogens with zero attached hydrogens (tertiary/aromatic N) is 2. The highest BCUT2D eigenvalue weighted by atomic mass is 79.9. The SMILES string of the molecule is O=S(=O)(Nc1nc2ccccc2[nH]1)c1cc(Br)cnc1Cl. The molecule has 2 N–H and O–H groups in total. The van der Waals surface area contributed by atoms with Gasteiger partial charge in [-0.3, -0.25) is 0 Å². The predicted molar refractivity (Wildman–Crippen MR) is 83.8 cm³/mol. The fraction of sp³-hybridized carbons (Fsp3) is 0. The zero-order chi connectivity index (χ0) is 15.0. The molecule has 3 rings (SSSR count). The fourth-order valence-corrected chi connectivity index (χ4v) is 3.68. The van der Waals surface area contributed by atoms with E-state index in [9.17, 15) is 8.42 Å². The molecule has 0 atom stereocenters. The van der Waals surface area contributed by atoms with Crippen LogP contribution in [0.3, 0.4) is 0 Å². The topological polar surface area (TPSA) is 87.7 Å². The van der Waals surface area contributed by atoms with Crippen LogP contribution in [-0.2, 0) is 10.0 Å². The van der Waals surface area contributed by atoms with Crippen molar-refractivity contribution < 1.29 is 8.42 Å². The molecule has 1 aromatic carbocycles. The van der Waals surface area contributed by atoms with Crippen molar-refractivity contribution in [2.75, 3.05) is 4.72 Å². The Labute approximate surface area is 133 Å². The van der Waals surface area contributed by atoms with Gasteiger partial charge in [-0.2, -0.15) is 0 Å². The molecule has 0 aliphatic heterocycles. The number of H-pyrrole nitrogens is 1. The molecule has 0 fully saturated rings. The third-order valence-corrected chi connectivity index (χ3v) is 4.88. The molecule has 2 aromatic heterocycles. The van der Waals surface area contributed by atoms with Gasteiger partial charge in [-0.05, 0) is 34.1 Å². The Morgan fingerprint density at radius 3 is 2.81 bits per heavy atom. The van der Waals surface area contributed by atoms with E-state index in [1.807, 2.05) is 12.1 Å². The number of aromatic nitrogens is 3. The maximum Gasteiger partial charge on any atom is 0.267 e. The Morgan fingerprint density at radius 1 is 1.29 bits per heavy atom. The lowest BCUT2D eigenvalue weighted by Gasteiger charge is -2.06. The molecule has 0 radical (unpaired) electrons. The van der Waals surface area contributed by atoms with Crippen LogP contribution >= 0.6 is 27.5 Å². The minimum Gasteiger partial charge on any atom is -0.323 e. The van der Waals surface area contributed by atoms with Gasteiger partial charge in [-0.1, -0.05) is 23.7 Å². The molecule has 0 aliphatic carbocycles. The van der Waals surface area contributed by atoms with Crippen molar-refractivity contribution in [3.05, 3.63) is 46.2 Å². The normalized spacial score (nSPS) is 11.7. The van der Waals surface area contributed by atoms with Crippen LogP contribution in [0.1, 0.15) is 0 Å². The van der Waals surface area contributed by atoms with Gasteiger partial charge >= 0.3 is 0 Å². The monoisotopic (exact) mass is 386 g/mol. The average Bonchev–Trinajstić information content (AvgIpc) is 2.82. The van der Waals surface area contributed by atoms with Crippen molar-refractivity contribution >= 4 is 54.5 Å². The Kier molecular flexibility index (Phi) is 3.60. The van der Waals surface area contributed by atoms with E-state index < -0.39 is 10.0 Å². The summed E-state index contributed by atoms with van der Waals surface area (Å²) in [7, 11) is -3.88. The lowest BCUT2D eigenvalue weighted by Crippen LogP contribution is -2.15.